The normalized spacial score (nSPS) is 11.2. The molecule has 5 heteroatoms. The minimum atomic E-state index is 0.0449. The Morgan fingerprint density at radius 3 is 2.82 bits per heavy atom. The van der Waals surface area contributed by atoms with Crippen LogP contribution in [0.25, 0.3) is 10.2 Å². The van der Waals surface area contributed by atoms with E-state index in [-0.39, 0.29) is 11.4 Å². The molecule has 0 bridgehead atoms. The molecule has 0 aliphatic rings. The van der Waals surface area contributed by atoms with E-state index in [0.29, 0.717) is 12.4 Å². The number of rotatable bonds is 4. The van der Waals surface area contributed by atoms with Gasteiger partial charge in [0, 0.05) is 11.4 Å². The van der Waals surface area contributed by atoms with E-state index in [4.69, 9.17) is 11.6 Å². The molecular weight excluding hydrogens is 256 g/mol. The van der Waals surface area contributed by atoms with Gasteiger partial charge in [-0.15, -0.1) is 22.9 Å². The molecule has 2 heterocycles. The maximum atomic E-state index is 12.3. The highest BCUT2D eigenvalue weighted by Gasteiger charge is 2.12. The Balaban J connectivity index is 2.71. The van der Waals surface area contributed by atoms with Crippen LogP contribution in [-0.4, -0.2) is 9.55 Å². The second-order valence-electron chi connectivity index (χ2n) is 3.90. The van der Waals surface area contributed by atoms with Crippen LogP contribution >= 0.6 is 22.9 Å². The van der Waals surface area contributed by atoms with Crippen molar-refractivity contribution in [1.29, 1.82) is 0 Å². The van der Waals surface area contributed by atoms with Gasteiger partial charge >= 0.3 is 0 Å². The van der Waals surface area contributed by atoms with Crippen molar-refractivity contribution in [1.82, 2.24) is 9.55 Å². The fraction of sp³-hybridized carbons (Fsp3) is 0.500. The second-order valence-corrected chi connectivity index (χ2v) is 5.29. The molecule has 2 aromatic rings. The number of hydrogen-bond acceptors (Lipinski definition) is 3. The molecule has 0 saturated heterocycles. The van der Waals surface area contributed by atoms with Crippen molar-refractivity contribution in [2.75, 3.05) is 0 Å². The summed E-state index contributed by atoms with van der Waals surface area (Å²) < 4.78 is 1.70. The number of aryl methyl sites for hydroxylation is 1. The van der Waals surface area contributed by atoms with Crippen LogP contribution in [0.3, 0.4) is 0 Å². The number of aromatic nitrogens is 2. The van der Waals surface area contributed by atoms with Crippen LogP contribution in [0.1, 0.15) is 31.0 Å². The third-order valence-corrected chi connectivity index (χ3v) is 4.11. The standard InChI is InChI=1S/C12H15ClN2OS/c1-3-5-15-10(7-13)14-11-9(12(15)16)6-8(4-2)17-11/h6H,3-5,7H2,1-2H3. The fourth-order valence-corrected chi connectivity index (χ4v) is 3.02. The van der Waals surface area contributed by atoms with Crippen LogP contribution in [0, 0.1) is 0 Å². The minimum Gasteiger partial charge on any atom is -0.295 e. The van der Waals surface area contributed by atoms with Crippen molar-refractivity contribution in [3.8, 4) is 0 Å². The molecule has 0 aliphatic carbocycles. The molecular formula is C12H15ClN2OS. The Hall–Kier alpha value is -0.870. The molecule has 2 rings (SSSR count). The number of alkyl halides is 1. The summed E-state index contributed by atoms with van der Waals surface area (Å²) in [5.74, 6) is 0.959. The van der Waals surface area contributed by atoms with Gasteiger partial charge in [-0.1, -0.05) is 13.8 Å². The van der Waals surface area contributed by atoms with Crippen LogP contribution in [0.5, 0.6) is 0 Å². The molecule has 92 valence electrons. The number of nitrogens with zero attached hydrogens (tertiary/aromatic N) is 2. The number of hydrogen-bond donors (Lipinski definition) is 0. The highest BCUT2D eigenvalue weighted by molar-refractivity contribution is 7.18. The second kappa shape index (κ2) is 5.19. The maximum Gasteiger partial charge on any atom is 0.262 e. The van der Waals surface area contributed by atoms with E-state index < -0.39 is 0 Å². The Labute approximate surface area is 109 Å². The SMILES string of the molecule is CCCn1c(CCl)nc2sc(CC)cc2c1=O. The van der Waals surface area contributed by atoms with E-state index in [2.05, 4.69) is 11.9 Å². The lowest BCUT2D eigenvalue weighted by Gasteiger charge is -2.08. The van der Waals surface area contributed by atoms with Gasteiger partial charge in [0.15, 0.2) is 0 Å². The summed E-state index contributed by atoms with van der Waals surface area (Å²) in [6.07, 6.45) is 1.84. The summed E-state index contributed by atoms with van der Waals surface area (Å²) in [6.45, 7) is 4.80. The minimum absolute atomic E-state index is 0.0449. The topological polar surface area (TPSA) is 34.9 Å². The number of thiophene rings is 1. The molecule has 0 saturated carbocycles. The van der Waals surface area contributed by atoms with E-state index in [1.54, 1.807) is 15.9 Å². The summed E-state index contributed by atoms with van der Waals surface area (Å²) >= 11 is 7.45. The van der Waals surface area contributed by atoms with Crippen molar-refractivity contribution in [2.24, 2.45) is 0 Å². The smallest absolute Gasteiger partial charge is 0.262 e. The first-order valence-corrected chi connectivity index (χ1v) is 7.14. The average Bonchev–Trinajstić information content (AvgIpc) is 2.76. The molecule has 0 unspecified atom stereocenters. The van der Waals surface area contributed by atoms with Crippen molar-refractivity contribution < 1.29 is 0 Å². The number of fused-ring (bicyclic) bond motifs is 1. The van der Waals surface area contributed by atoms with Crippen LogP contribution < -0.4 is 5.56 Å². The first-order chi connectivity index (χ1) is 8.21. The molecule has 0 spiro atoms. The van der Waals surface area contributed by atoms with Gasteiger partial charge in [0.05, 0.1) is 11.3 Å². The van der Waals surface area contributed by atoms with Crippen molar-refractivity contribution >= 4 is 33.2 Å². The summed E-state index contributed by atoms with van der Waals surface area (Å²) in [5.41, 5.74) is 0.0449. The van der Waals surface area contributed by atoms with Crippen LogP contribution in [-0.2, 0) is 18.8 Å². The molecule has 0 radical (unpaired) electrons. The highest BCUT2D eigenvalue weighted by Crippen LogP contribution is 2.22. The van der Waals surface area contributed by atoms with Gasteiger partial charge in [0.25, 0.3) is 5.56 Å². The molecule has 0 aromatic carbocycles. The van der Waals surface area contributed by atoms with Crippen LogP contribution in [0.2, 0.25) is 0 Å². The van der Waals surface area contributed by atoms with Crippen LogP contribution in [0.15, 0.2) is 10.9 Å². The summed E-state index contributed by atoms with van der Waals surface area (Å²) in [4.78, 5) is 18.8. The van der Waals surface area contributed by atoms with Crippen molar-refractivity contribution in [3.05, 3.63) is 27.1 Å². The first-order valence-electron chi connectivity index (χ1n) is 5.79. The third kappa shape index (κ3) is 2.24. The van der Waals surface area contributed by atoms with Gasteiger partial charge in [-0.25, -0.2) is 4.98 Å². The molecule has 0 amide bonds. The summed E-state index contributed by atoms with van der Waals surface area (Å²) in [7, 11) is 0. The van der Waals surface area contributed by atoms with E-state index in [1.807, 2.05) is 13.0 Å². The number of halogens is 1. The summed E-state index contributed by atoms with van der Waals surface area (Å²) in [6, 6.07) is 1.96. The van der Waals surface area contributed by atoms with Crippen LogP contribution in [0.4, 0.5) is 0 Å². The Bertz CT molecular complexity index is 588. The molecule has 0 fully saturated rings. The predicted molar refractivity (Wildman–Crippen MR) is 73.1 cm³/mol. The average molecular weight is 271 g/mol. The van der Waals surface area contributed by atoms with Gasteiger partial charge < -0.3 is 0 Å². The largest absolute Gasteiger partial charge is 0.295 e. The molecule has 17 heavy (non-hydrogen) atoms. The van der Waals surface area contributed by atoms with Gasteiger partial charge in [-0.05, 0) is 18.9 Å². The van der Waals surface area contributed by atoms with Crippen molar-refractivity contribution in [3.63, 3.8) is 0 Å². The zero-order chi connectivity index (χ0) is 12.4. The lowest BCUT2D eigenvalue weighted by atomic mass is 10.3. The third-order valence-electron chi connectivity index (χ3n) is 2.70. The van der Waals surface area contributed by atoms with Crippen molar-refractivity contribution in [2.45, 2.75) is 39.1 Å². The predicted octanol–water partition coefficient (Wildman–Crippen LogP) is 3.17. The van der Waals surface area contributed by atoms with Gasteiger partial charge in [-0.2, -0.15) is 0 Å². The fourth-order valence-electron chi connectivity index (χ4n) is 1.84. The first kappa shape index (κ1) is 12.6. The van der Waals surface area contributed by atoms with E-state index >= 15 is 0 Å². The quantitative estimate of drug-likeness (QED) is 0.800. The van der Waals surface area contributed by atoms with E-state index in [0.717, 1.165) is 23.1 Å². The summed E-state index contributed by atoms with van der Waals surface area (Å²) in [5, 5.41) is 0.731. The van der Waals surface area contributed by atoms with Gasteiger partial charge in [0.1, 0.15) is 10.7 Å². The molecule has 0 atom stereocenters. The monoisotopic (exact) mass is 270 g/mol. The lowest BCUT2D eigenvalue weighted by Crippen LogP contribution is -2.24. The Morgan fingerprint density at radius 1 is 1.47 bits per heavy atom. The Morgan fingerprint density at radius 2 is 2.24 bits per heavy atom. The van der Waals surface area contributed by atoms with E-state index in [9.17, 15) is 4.79 Å². The molecule has 2 aromatic heterocycles. The maximum absolute atomic E-state index is 12.3. The molecule has 3 nitrogen and oxygen atoms in total. The van der Waals surface area contributed by atoms with Gasteiger partial charge in [0.2, 0.25) is 0 Å². The zero-order valence-corrected chi connectivity index (χ0v) is 11.6. The molecule has 0 aliphatic heterocycles. The lowest BCUT2D eigenvalue weighted by molar-refractivity contribution is 0.622. The highest BCUT2D eigenvalue weighted by atomic mass is 35.5. The zero-order valence-electron chi connectivity index (χ0n) is 9.99. The molecule has 0 N–H and O–H groups in total. The Kier molecular flexibility index (Phi) is 3.84. The van der Waals surface area contributed by atoms with E-state index in [1.165, 1.54) is 4.88 Å². The van der Waals surface area contributed by atoms with Gasteiger partial charge in [-0.3, -0.25) is 9.36 Å².